The molecule has 2 saturated carbocycles. The predicted octanol–water partition coefficient (Wildman–Crippen LogP) is 0.921. The number of hydrogen-bond acceptors (Lipinski definition) is 3. The minimum atomic E-state index is -0.145. The van der Waals surface area contributed by atoms with Gasteiger partial charge in [0.1, 0.15) is 0 Å². The Morgan fingerprint density at radius 3 is 2.15 bits per heavy atom. The number of aryl methyl sites for hydroxylation is 1. The van der Waals surface area contributed by atoms with Crippen molar-refractivity contribution < 1.29 is 9.59 Å². The molecule has 0 spiro atoms. The molecule has 4 atom stereocenters. The summed E-state index contributed by atoms with van der Waals surface area (Å²) in [6.07, 6.45) is 4.76. The second kappa shape index (κ2) is 3.81. The summed E-state index contributed by atoms with van der Waals surface area (Å²) in [6.45, 7) is 0. The van der Waals surface area contributed by atoms with E-state index in [1.165, 1.54) is 15.5 Å². The van der Waals surface area contributed by atoms with Crippen molar-refractivity contribution in [3.05, 3.63) is 28.7 Å². The maximum absolute atomic E-state index is 12.6. The molecule has 1 aliphatic heterocycles. The van der Waals surface area contributed by atoms with E-state index in [1.54, 1.807) is 19.3 Å². The van der Waals surface area contributed by atoms with E-state index in [2.05, 4.69) is 0 Å². The normalized spacial score (nSPS) is 35.0. The summed E-state index contributed by atoms with van der Waals surface area (Å²) < 4.78 is 1.40. The van der Waals surface area contributed by atoms with Gasteiger partial charge in [-0.1, -0.05) is 0 Å². The lowest BCUT2D eigenvalue weighted by molar-refractivity contribution is -0.123. The fourth-order valence-electron chi connectivity index (χ4n) is 4.37. The molecule has 2 bridgehead atoms. The molecule has 20 heavy (non-hydrogen) atoms. The molecule has 1 aromatic rings. The van der Waals surface area contributed by atoms with Crippen molar-refractivity contribution in [2.24, 2.45) is 30.7 Å². The van der Waals surface area contributed by atoms with Crippen LogP contribution in [0, 0.1) is 23.7 Å². The zero-order valence-corrected chi connectivity index (χ0v) is 11.3. The summed E-state index contributed by atoms with van der Waals surface area (Å²) in [4.78, 5) is 37.9. The number of aromatic nitrogens is 1. The monoisotopic (exact) mass is 272 g/mol. The average molecular weight is 272 g/mol. The van der Waals surface area contributed by atoms with Gasteiger partial charge in [-0.3, -0.25) is 14.4 Å². The maximum Gasteiger partial charge on any atom is 0.250 e. The van der Waals surface area contributed by atoms with Gasteiger partial charge < -0.3 is 4.57 Å². The number of anilines is 1. The third-order valence-corrected chi connectivity index (χ3v) is 5.26. The van der Waals surface area contributed by atoms with E-state index in [-0.39, 0.29) is 29.2 Å². The quantitative estimate of drug-likeness (QED) is 0.714. The van der Waals surface area contributed by atoms with Crippen LogP contribution in [-0.4, -0.2) is 16.4 Å². The van der Waals surface area contributed by atoms with Gasteiger partial charge in [0.05, 0.1) is 17.5 Å². The second-order valence-electron chi connectivity index (χ2n) is 6.23. The van der Waals surface area contributed by atoms with Crippen LogP contribution in [0.3, 0.4) is 0 Å². The van der Waals surface area contributed by atoms with Gasteiger partial charge in [-0.15, -0.1) is 0 Å². The van der Waals surface area contributed by atoms with E-state index in [0.29, 0.717) is 17.5 Å². The van der Waals surface area contributed by atoms with E-state index in [0.717, 1.165) is 19.3 Å². The molecule has 0 unspecified atom stereocenters. The second-order valence-corrected chi connectivity index (χ2v) is 6.23. The Balaban J connectivity index is 1.76. The van der Waals surface area contributed by atoms with Crippen molar-refractivity contribution in [3.8, 4) is 0 Å². The maximum atomic E-state index is 12.6. The highest BCUT2D eigenvalue weighted by atomic mass is 16.2. The molecular formula is C15H16N2O3. The minimum absolute atomic E-state index is 0.0640. The van der Waals surface area contributed by atoms with Crippen LogP contribution in [0.25, 0.3) is 0 Å². The first-order chi connectivity index (χ1) is 9.58. The highest BCUT2D eigenvalue weighted by molar-refractivity contribution is 6.22. The first-order valence-corrected chi connectivity index (χ1v) is 7.12. The summed E-state index contributed by atoms with van der Waals surface area (Å²) in [5.74, 6) is 0.423. The van der Waals surface area contributed by atoms with Gasteiger partial charge in [0, 0.05) is 19.3 Å². The summed E-state index contributed by atoms with van der Waals surface area (Å²) in [6, 6.07) is 2.97. The van der Waals surface area contributed by atoms with Crippen molar-refractivity contribution in [1.82, 2.24) is 4.57 Å². The van der Waals surface area contributed by atoms with E-state index >= 15 is 0 Å². The molecule has 2 amide bonds. The lowest BCUT2D eigenvalue weighted by Crippen LogP contribution is -2.33. The fraction of sp³-hybridized carbons (Fsp3) is 0.533. The van der Waals surface area contributed by atoms with Gasteiger partial charge >= 0.3 is 0 Å². The summed E-state index contributed by atoms with van der Waals surface area (Å²) >= 11 is 0. The van der Waals surface area contributed by atoms with Crippen LogP contribution in [0.1, 0.15) is 19.3 Å². The van der Waals surface area contributed by atoms with Crippen molar-refractivity contribution in [2.75, 3.05) is 4.90 Å². The SMILES string of the molecule is Cn1cc(N2C(=O)[C@@H]3[C@@H]4CC[C@@H](C4)[C@@H]3C2=O)ccc1=O. The predicted molar refractivity (Wildman–Crippen MR) is 72.0 cm³/mol. The van der Waals surface area contributed by atoms with Crippen LogP contribution in [0.2, 0.25) is 0 Å². The number of rotatable bonds is 1. The van der Waals surface area contributed by atoms with E-state index < -0.39 is 0 Å². The Morgan fingerprint density at radius 1 is 1.00 bits per heavy atom. The van der Waals surface area contributed by atoms with Gasteiger partial charge in [-0.2, -0.15) is 0 Å². The summed E-state index contributed by atoms with van der Waals surface area (Å²) in [5, 5.41) is 0. The smallest absolute Gasteiger partial charge is 0.250 e. The molecule has 3 aliphatic rings. The molecule has 4 rings (SSSR count). The van der Waals surface area contributed by atoms with Crippen LogP contribution < -0.4 is 10.5 Å². The number of pyridine rings is 1. The minimum Gasteiger partial charge on any atom is -0.316 e. The topological polar surface area (TPSA) is 59.4 Å². The Hall–Kier alpha value is -1.91. The molecule has 0 aromatic carbocycles. The van der Waals surface area contributed by atoms with Crippen LogP contribution in [0.15, 0.2) is 23.1 Å². The first kappa shape index (κ1) is 11.9. The van der Waals surface area contributed by atoms with E-state index in [4.69, 9.17) is 0 Å². The number of carbonyl (C=O) groups is 2. The lowest BCUT2D eigenvalue weighted by atomic mass is 9.81. The van der Waals surface area contributed by atoms with Crippen molar-refractivity contribution >= 4 is 17.5 Å². The molecule has 0 radical (unpaired) electrons. The van der Waals surface area contributed by atoms with Crippen molar-refractivity contribution in [1.29, 1.82) is 0 Å². The molecule has 5 nitrogen and oxygen atoms in total. The number of nitrogens with zero attached hydrogens (tertiary/aromatic N) is 2. The average Bonchev–Trinajstić information content (AvgIpc) is 3.08. The Labute approximate surface area is 116 Å². The largest absolute Gasteiger partial charge is 0.316 e. The molecule has 1 saturated heterocycles. The molecule has 3 fully saturated rings. The van der Waals surface area contributed by atoms with Crippen LogP contribution >= 0.6 is 0 Å². The third kappa shape index (κ3) is 1.35. The van der Waals surface area contributed by atoms with Crippen molar-refractivity contribution in [2.45, 2.75) is 19.3 Å². The zero-order chi connectivity index (χ0) is 14.0. The highest BCUT2D eigenvalue weighted by Crippen LogP contribution is 2.56. The molecule has 0 N–H and O–H groups in total. The Kier molecular flexibility index (Phi) is 2.26. The Morgan fingerprint density at radius 2 is 1.60 bits per heavy atom. The van der Waals surface area contributed by atoms with Gasteiger partial charge in [0.15, 0.2) is 0 Å². The standard InChI is InChI=1S/C15H16N2O3/c1-16-7-10(4-5-11(16)18)17-14(19)12-8-2-3-9(6-8)13(12)15(17)20/h4-5,7-9,12-13H,2-3,6H2,1H3/t8-,9+,12-,13+. The number of amides is 2. The van der Waals surface area contributed by atoms with Gasteiger partial charge in [0.2, 0.25) is 17.4 Å². The molecule has 5 heteroatoms. The molecule has 104 valence electrons. The summed E-state index contributed by atoms with van der Waals surface area (Å²) in [5.41, 5.74) is 0.379. The van der Waals surface area contributed by atoms with Crippen LogP contribution in [0.4, 0.5) is 5.69 Å². The number of imide groups is 1. The molecule has 1 aromatic heterocycles. The molecule has 2 heterocycles. The van der Waals surface area contributed by atoms with Gasteiger partial charge in [-0.25, -0.2) is 4.90 Å². The van der Waals surface area contributed by atoms with Crippen LogP contribution in [0.5, 0.6) is 0 Å². The highest BCUT2D eigenvalue weighted by Gasteiger charge is 2.61. The first-order valence-electron chi connectivity index (χ1n) is 7.12. The lowest BCUT2D eigenvalue weighted by Gasteiger charge is -2.19. The van der Waals surface area contributed by atoms with E-state index in [1.807, 2.05) is 0 Å². The fourth-order valence-corrected chi connectivity index (χ4v) is 4.37. The number of hydrogen-bond donors (Lipinski definition) is 0. The Bertz CT molecular complexity index is 650. The number of carbonyl (C=O) groups excluding carboxylic acids is 2. The number of fused-ring (bicyclic) bond motifs is 5. The van der Waals surface area contributed by atoms with Gasteiger partial charge in [0.25, 0.3) is 0 Å². The summed E-state index contributed by atoms with van der Waals surface area (Å²) in [7, 11) is 1.63. The third-order valence-electron chi connectivity index (χ3n) is 5.26. The van der Waals surface area contributed by atoms with E-state index in [9.17, 15) is 14.4 Å². The molecule has 2 aliphatic carbocycles. The van der Waals surface area contributed by atoms with Gasteiger partial charge in [-0.05, 0) is 37.2 Å². The van der Waals surface area contributed by atoms with Crippen LogP contribution in [-0.2, 0) is 16.6 Å². The molecular weight excluding hydrogens is 256 g/mol. The van der Waals surface area contributed by atoms with Crippen molar-refractivity contribution in [3.63, 3.8) is 0 Å². The zero-order valence-electron chi connectivity index (χ0n) is 11.3.